The second-order valence-corrected chi connectivity index (χ2v) is 10.9. The zero-order valence-corrected chi connectivity index (χ0v) is 20.8. The summed E-state index contributed by atoms with van der Waals surface area (Å²) in [6, 6.07) is 23.2. The Balaban J connectivity index is 1.07. The Hall–Kier alpha value is -2.71. The van der Waals surface area contributed by atoms with Gasteiger partial charge in [0.2, 0.25) is 0 Å². The van der Waals surface area contributed by atoms with Crippen LogP contribution in [0.4, 0.5) is 0 Å². The number of piperidine rings is 1. The van der Waals surface area contributed by atoms with Gasteiger partial charge in [-0.3, -0.25) is 9.08 Å². The molecule has 0 aliphatic carbocycles. The molecule has 0 amide bonds. The van der Waals surface area contributed by atoms with E-state index >= 15 is 0 Å². The standard InChI is InChI=1S/C28H31NO5S/c1-22-6-12-26(13-7-22)35(30,31)34-19-18-32-25-10-8-23(9-11-25)20-29-16-14-28(15-17-29)27-5-3-2-4-24(27)21-33-28/h2-13H,14-21H2,1H3. The lowest BCUT2D eigenvalue weighted by Gasteiger charge is -2.39. The highest BCUT2D eigenvalue weighted by atomic mass is 32.2. The Labute approximate surface area is 207 Å². The molecule has 0 radical (unpaired) electrons. The molecule has 0 aromatic heterocycles. The number of fused-ring (bicyclic) bond motifs is 2. The number of hydrogen-bond acceptors (Lipinski definition) is 6. The minimum absolute atomic E-state index is 0.0430. The summed E-state index contributed by atoms with van der Waals surface area (Å²) in [4.78, 5) is 2.62. The second kappa shape index (κ2) is 10.1. The summed E-state index contributed by atoms with van der Waals surface area (Å²) in [5.41, 5.74) is 4.80. The van der Waals surface area contributed by atoms with Gasteiger partial charge in [0, 0.05) is 19.6 Å². The summed E-state index contributed by atoms with van der Waals surface area (Å²) < 4.78 is 41.5. The fraction of sp³-hybridized carbons (Fsp3) is 0.357. The van der Waals surface area contributed by atoms with Crippen LogP contribution in [0.15, 0.2) is 77.7 Å². The molecular formula is C28H31NO5S. The van der Waals surface area contributed by atoms with Crippen molar-refractivity contribution in [2.24, 2.45) is 0 Å². The third-order valence-corrected chi connectivity index (χ3v) is 8.23. The molecule has 0 unspecified atom stereocenters. The summed E-state index contributed by atoms with van der Waals surface area (Å²) in [5, 5.41) is 0. The zero-order valence-electron chi connectivity index (χ0n) is 20.0. The molecule has 1 saturated heterocycles. The van der Waals surface area contributed by atoms with E-state index in [1.807, 2.05) is 19.1 Å². The molecule has 5 rings (SSSR count). The van der Waals surface area contributed by atoms with Gasteiger partial charge in [-0.05, 0) is 60.7 Å². The quantitative estimate of drug-likeness (QED) is 0.332. The lowest BCUT2D eigenvalue weighted by molar-refractivity contribution is -0.0799. The SMILES string of the molecule is Cc1ccc(S(=O)(=O)OCCOc2ccc(CN3CCC4(CC3)OCc3ccccc34)cc2)cc1. The van der Waals surface area contributed by atoms with Gasteiger partial charge in [0.15, 0.2) is 0 Å². The van der Waals surface area contributed by atoms with Crippen molar-refractivity contribution >= 4 is 10.1 Å². The number of aryl methyl sites for hydroxylation is 1. The van der Waals surface area contributed by atoms with Crippen molar-refractivity contribution in [1.29, 1.82) is 0 Å². The summed E-state index contributed by atoms with van der Waals surface area (Å²) in [5.74, 6) is 0.693. The van der Waals surface area contributed by atoms with Crippen molar-refractivity contribution in [3.8, 4) is 5.75 Å². The third kappa shape index (κ3) is 5.43. The minimum Gasteiger partial charge on any atom is -0.491 e. The summed E-state index contributed by atoms with van der Waals surface area (Å²) >= 11 is 0. The van der Waals surface area contributed by atoms with Gasteiger partial charge < -0.3 is 9.47 Å². The number of benzene rings is 3. The largest absolute Gasteiger partial charge is 0.491 e. The van der Waals surface area contributed by atoms with Crippen LogP contribution < -0.4 is 4.74 Å². The van der Waals surface area contributed by atoms with Crippen molar-refractivity contribution in [1.82, 2.24) is 4.90 Å². The third-order valence-electron chi connectivity index (χ3n) is 6.91. The number of nitrogens with zero attached hydrogens (tertiary/aromatic N) is 1. The molecule has 2 aliphatic rings. The van der Waals surface area contributed by atoms with E-state index in [0.29, 0.717) is 5.75 Å². The number of ether oxygens (including phenoxy) is 2. The maximum atomic E-state index is 12.2. The van der Waals surface area contributed by atoms with Crippen molar-refractivity contribution in [3.05, 3.63) is 95.1 Å². The molecule has 3 aromatic rings. The van der Waals surface area contributed by atoms with Crippen LogP contribution in [-0.4, -0.2) is 39.6 Å². The monoisotopic (exact) mass is 493 g/mol. The van der Waals surface area contributed by atoms with Gasteiger partial charge in [-0.2, -0.15) is 8.42 Å². The average molecular weight is 494 g/mol. The van der Waals surface area contributed by atoms with Gasteiger partial charge in [0.05, 0.1) is 17.1 Å². The molecule has 1 spiro atoms. The normalized spacial score (nSPS) is 17.4. The van der Waals surface area contributed by atoms with Crippen molar-refractivity contribution in [2.45, 2.75) is 43.4 Å². The summed E-state index contributed by atoms with van der Waals surface area (Å²) in [6.45, 7) is 5.62. The first-order valence-electron chi connectivity index (χ1n) is 12.1. The first-order chi connectivity index (χ1) is 16.9. The van der Waals surface area contributed by atoms with E-state index in [-0.39, 0.29) is 23.7 Å². The highest BCUT2D eigenvalue weighted by Gasteiger charge is 2.42. The Morgan fingerprint density at radius 3 is 2.37 bits per heavy atom. The van der Waals surface area contributed by atoms with Crippen molar-refractivity contribution in [2.75, 3.05) is 26.3 Å². The molecule has 2 heterocycles. The van der Waals surface area contributed by atoms with Crippen LogP contribution in [0.5, 0.6) is 5.75 Å². The predicted octanol–water partition coefficient (Wildman–Crippen LogP) is 4.80. The van der Waals surface area contributed by atoms with E-state index in [0.717, 1.165) is 44.6 Å². The first kappa shape index (κ1) is 24.0. The Morgan fingerprint density at radius 1 is 0.914 bits per heavy atom. The Morgan fingerprint density at radius 2 is 1.63 bits per heavy atom. The number of likely N-dealkylation sites (tertiary alicyclic amines) is 1. The van der Waals surface area contributed by atoms with Crippen LogP contribution in [-0.2, 0) is 37.8 Å². The molecule has 184 valence electrons. The van der Waals surface area contributed by atoms with Gasteiger partial charge in [-0.15, -0.1) is 0 Å². The van der Waals surface area contributed by atoms with Crippen LogP contribution in [0.1, 0.15) is 35.1 Å². The van der Waals surface area contributed by atoms with Crippen LogP contribution in [0.3, 0.4) is 0 Å². The lowest BCUT2D eigenvalue weighted by atomic mass is 9.84. The lowest BCUT2D eigenvalue weighted by Crippen LogP contribution is -2.42. The zero-order chi connectivity index (χ0) is 24.3. The van der Waals surface area contributed by atoms with E-state index in [2.05, 4.69) is 41.3 Å². The highest BCUT2D eigenvalue weighted by Crippen LogP contribution is 2.44. The van der Waals surface area contributed by atoms with Crippen molar-refractivity contribution < 1.29 is 22.1 Å². The molecule has 35 heavy (non-hydrogen) atoms. The molecule has 0 atom stereocenters. The van der Waals surface area contributed by atoms with Crippen molar-refractivity contribution in [3.63, 3.8) is 0 Å². The number of rotatable bonds is 8. The Bertz CT molecular complexity index is 1250. The van der Waals surface area contributed by atoms with Crippen LogP contribution in [0.25, 0.3) is 0 Å². The van der Waals surface area contributed by atoms with E-state index in [1.165, 1.54) is 16.7 Å². The van der Waals surface area contributed by atoms with E-state index in [1.54, 1.807) is 24.3 Å². The molecule has 0 N–H and O–H groups in total. The van der Waals surface area contributed by atoms with Gasteiger partial charge in [0.1, 0.15) is 19.0 Å². The molecule has 0 bridgehead atoms. The molecule has 2 aliphatic heterocycles. The maximum absolute atomic E-state index is 12.2. The van der Waals surface area contributed by atoms with Crippen LogP contribution >= 0.6 is 0 Å². The maximum Gasteiger partial charge on any atom is 0.297 e. The molecule has 1 fully saturated rings. The highest BCUT2D eigenvalue weighted by molar-refractivity contribution is 7.86. The molecule has 3 aromatic carbocycles. The van der Waals surface area contributed by atoms with Gasteiger partial charge in [-0.25, -0.2) is 0 Å². The fourth-order valence-corrected chi connectivity index (χ4v) is 5.79. The van der Waals surface area contributed by atoms with Crippen LogP contribution in [0, 0.1) is 6.92 Å². The molecule has 7 heteroatoms. The van der Waals surface area contributed by atoms with E-state index in [4.69, 9.17) is 13.7 Å². The molecular weight excluding hydrogens is 462 g/mol. The van der Waals surface area contributed by atoms with Gasteiger partial charge >= 0.3 is 0 Å². The second-order valence-electron chi connectivity index (χ2n) is 9.30. The minimum atomic E-state index is -3.77. The van der Waals surface area contributed by atoms with E-state index < -0.39 is 10.1 Å². The predicted molar refractivity (Wildman–Crippen MR) is 134 cm³/mol. The van der Waals surface area contributed by atoms with E-state index in [9.17, 15) is 8.42 Å². The fourth-order valence-electron chi connectivity index (χ4n) is 4.90. The topological polar surface area (TPSA) is 65.1 Å². The average Bonchev–Trinajstić information content (AvgIpc) is 3.23. The molecule has 6 nitrogen and oxygen atoms in total. The number of hydrogen-bond donors (Lipinski definition) is 0. The Kier molecular flexibility index (Phi) is 6.93. The van der Waals surface area contributed by atoms with Gasteiger partial charge in [-0.1, -0.05) is 54.1 Å². The summed E-state index contributed by atoms with van der Waals surface area (Å²) in [6.07, 6.45) is 2.02. The smallest absolute Gasteiger partial charge is 0.297 e. The first-order valence-corrected chi connectivity index (χ1v) is 13.5. The summed E-state index contributed by atoms with van der Waals surface area (Å²) in [7, 11) is -3.77. The van der Waals surface area contributed by atoms with Gasteiger partial charge in [0.25, 0.3) is 10.1 Å². The molecule has 0 saturated carbocycles. The van der Waals surface area contributed by atoms with Crippen LogP contribution in [0.2, 0.25) is 0 Å².